The molecule has 1 amide bonds. The van der Waals surface area contributed by atoms with Crippen LogP contribution in [-0.2, 0) is 9.53 Å². The first-order chi connectivity index (χ1) is 10.5. The Balaban J connectivity index is 1.85. The number of ether oxygens (including phenoxy) is 1. The van der Waals surface area contributed by atoms with Gasteiger partial charge in [-0.15, -0.1) is 0 Å². The lowest BCUT2D eigenvalue weighted by Gasteiger charge is -2.31. The molecule has 2 rings (SSSR count). The molecule has 1 aromatic rings. The van der Waals surface area contributed by atoms with E-state index < -0.39 is 0 Å². The summed E-state index contributed by atoms with van der Waals surface area (Å²) in [6.45, 7) is 5.48. The van der Waals surface area contributed by atoms with Crippen molar-refractivity contribution in [1.29, 1.82) is 0 Å². The molecule has 0 aromatic heterocycles. The van der Waals surface area contributed by atoms with Crippen molar-refractivity contribution in [3.63, 3.8) is 0 Å². The molecule has 0 saturated carbocycles. The summed E-state index contributed by atoms with van der Waals surface area (Å²) in [5.74, 6) is -0.445. The average molecular weight is 307 g/mol. The van der Waals surface area contributed by atoms with Crippen LogP contribution >= 0.6 is 0 Å². The summed E-state index contributed by atoms with van der Waals surface area (Å²) >= 11 is 0. The normalized spacial score (nSPS) is 15.9. The molecule has 0 atom stereocenters. The summed E-state index contributed by atoms with van der Waals surface area (Å²) in [5.41, 5.74) is 0.474. The fraction of sp³-hybridized carbons (Fsp3) is 0.529. The summed E-state index contributed by atoms with van der Waals surface area (Å²) in [6.07, 6.45) is 1.23. The Morgan fingerprint density at radius 1 is 1.23 bits per heavy atom. The molecule has 1 aromatic carbocycles. The standard InChI is InChI=1S/C17H22FNO3/c1-12(2)11-22-17(21)14-7-9-19(10-8-14)16(20)13-3-5-15(18)6-4-13/h3-6,12,14H,7-11H2,1-2H3. The molecule has 1 heterocycles. The van der Waals surface area contributed by atoms with Crippen molar-refractivity contribution in [3.8, 4) is 0 Å². The fourth-order valence-corrected chi connectivity index (χ4v) is 2.46. The third kappa shape index (κ3) is 4.29. The smallest absolute Gasteiger partial charge is 0.309 e. The number of hydrogen-bond donors (Lipinski definition) is 0. The summed E-state index contributed by atoms with van der Waals surface area (Å²) < 4.78 is 18.1. The molecule has 0 unspecified atom stereocenters. The number of nitrogens with zero attached hydrogens (tertiary/aromatic N) is 1. The van der Waals surface area contributed by atoms with Gasteiger partial charge in [-0.25, -0.2) is 4.39 Å². The molecule has 1 aliphatic heterocycles. The first-order valence-electron chi connectivity index (χ1n) is 7.69. The number of carbonyl (C=O) groups excluding carboxylic acids is 2. The second-order valence-corrected chi connectivity index (χ2v) is 6.10. The lowest BCUT2D eigenvalue weighted by molar-refractivity contribution is -0.151. The highest BCUT2D eigenvalue weighted by Crippen LogP contribution is 2.20. The van der Waals surface area contributed by atoms with Crippen LogP contribution in [0, 0.1) is 17.7 Å². The van der Waals surface area contributed by atoms with E-state index in [1.807, 2.05) is 13.8 Å². The molecule has 0 bridgehead atoms. The molecule has 0 N–H and O–H groups in total. The molecule has 120 valence electrons. The van der Waals surface area contributed by atoms with E-state index >= 15 is 0 Å². The van der Waals surface area contributed by atoms with Gasteiger partial charge in [0.2, 0.25) is 0 Å². The van der Waals surface area contributed by atoms with Crippen LogP contribution < -0.4 is 0 Å². The van der Waals surface area contributed by atoms with Crippen molar-refractivity contribution in [2.45, 2.75) is 26.7 Å². The number of esters is 1. The Bertz CT molecular complexity index is 519. The van der Waals surface area contributed by atoms with Crippen LogP contribution in [0.5, 0.6) is 0 Å². The number of piperidine rings is 1. The first-order valence-corrected chi connectivity index (χ1v) is 7.69. The largest absolute Gasteiger partial charge is 0.465 e. The minimum Gasteiger partial charge on any atom is -0.465 e. The third-order valence-electron chi connectivity index (χ3n) is 3.77. The molecular weight excluding hydrogens is 285 g/mol. The van der Waals surface area contributed by atoms with Crippen LogP contribution in [0.3, 0.4) is 0 Å². The molecule has 5 heteroatoms. The molecule has 4 nitrogen and oxygen atoms in total. The van der Waals surface area contributed by atoms with E-state index in [4.69, 9.17) is 4.74 Å². The van der Waals surface area contributed by atoms with Crippen LogP contribution in [-0.4, -0.2) is 36.5 Å². The summed E-state index contributed by atoms with van der Waals surface area (Å²) in [7, 11) is 0. The van der Waals surface area contributed by atoms with Crippen molar-refractivity contribution in [2.75, 3.05) is 19.7 Å². The minimum absolute atomic E-state index is 0.117. The van der Waals surface area contributed by atoms with Crippen LogP contribution in [0.25, 0.3) is 0 Å². The molecular formula is C17H22FNO3. The van der Waals surface area contributed by atoms with Gasteiger partial charge in [0.1, 0.15) is 5.82 Å². The molecule has 0 radical (unpaired) electrons. The quantitative estimate of drug-likeness (QED) is 0.804. The second-order valence-electron chi connectivity index (χ2n) is 6.10. The Kier molecular flexibility index (Phi) is 5.52. The van der Waals surface area contributed by atoms with Crippen LogP contribution in [0.2, 0.25) is 0 Å². The third-order valence-corrected chi connectivity index (χ3v) is 3.77. The van der Waals surface area contributed by atoms with E-state index in [0.717, 1.165) is 0 Å². The number of carbonyl (C=O) groups is 2. The van der Waals surface area contributed by atoms with Gasteiger partial charge in [-0.2, -0.15) is 0 Å². The predicted octanol–water partition coefficient (Wildman–Crippen LogP) is 2.88. The Hall–Kier alpha value is -1.91. The van der Waals surface area contributed by atoms with Crippen molar-refractivity contribution in [1.82, 2.24) is 4.90 Å². The highest BCUT2D eigenvalue weighted by Gasteiger charge is 2.28. The monoisotopic (exact) mass is 307 g/mol. The van der Waals surface area contributed by atoms with Crippen molar-refractivity contribution in [3.05, 3.63) is 35.6 Å². The lowest BCUT2D eigenvalue weighted by Crippen LogP contribution is -2.40. The van der Waals surface area contributed by atoms with Crippen LogP contribution in [0.4, 0.5) is 4.39 Å². The number of halogens is 1. The van der Waals surface area contributed by atoms with E-state index in [0.29, 0.717) is 44.0 Å². The minimum atomic E-state index is -0.358. The Morgan fingerprint density at radius 2 is 1.82 bits per heavy atom. The lowest BCUT2D eigenvalue weighted by atomic mass is 9.96. The zero-order valence-corrected chi connectivity index (χ0v) is 13.0. The maximum Gasteiger partial charge on any atom is 0.309 e. The van der Waals surface area contributed by atoms with E-state index in [1.165, 1.54) is 24.3 Å². The predicted molar refractivity (Wildman–Crippen MR) is 80.8 cm³/mol. The van der Waals surface area contributed by atoms with Crippen molar-refractivity contribution in [2.24, 2.45) is 11.8 Å². The van der Waals surface area contributed by atoms with Gasteiger partial charge in [0.15, 0.2) is 0 Å². The maximum absolute atomic E-state index is 12.9. The van der Waals surface area contributed by atoms with Gasteiger partial charge in [0.25, 0.3) is 5.91 Å². The zero-order valence-electron chi connectivity index (χ0n) is 13.0. The number of likely N-dealkylation sites (tertiary alicyclic amines) is 1. The molecule has 1 aliphatic rings. The average Bonchev–Trinajstić information content (AvgIpc) is 2.53. The molecule has 1 saturated heterocycles. The van der Waals surface area contributed by atoms with Gasteiger partial charge >= 0.3 is 5.97 Å². The first kappa shape index (κ1) is 16.5. The van der Waals surface area contributed by atoms with Gasteiger partial charge in [0, 0.05) is 18.7 Å². The van der Waals surface area contributed by atoms with Crippen LogP contribution in [0.1, 0.15) is 37.0 Å². The zero-order chi connectivity index (χ0) is 16.1. The number of amides is 1. The van der Waals surface area contributed by atoms with Gasteiger partial charge in [-0.1, -0.05) is 13.8 Å². The van der Waals surface area contributed by atoms with Gasteiger partial charge in [-0.3, -0.25) is 9.59 Å². The number of benzene rings is 1. The topological polar surface area (TPSA) is 46.6 Å². The summed E-state index contributed by atoms with van der Waals surface area (Å²) in [5, 5.41) is 0. The molecule has 0 aliphatic carbocycles. The summed E-state index contributed by atoms with van der Waals surface area (Å²) in [6, 6.07) is 5.54. The maximum atomic E-state index is 12.9. The van der Waals surface area contributed by atoms with E-state index in [9.17, 15) is 14.0 Å². The summed E-state index contributed by atoms with van der Waals surface area (Å²) in [4.78, 5) is 25.9. The highest BCUT2D eigenvalue weighted by atomic mass is 19.1. The van der Waals surface area contributed by atoms with Gasteiger partial charge in [0.05, 0.1) is 12.5 Å². The number of rotatable bonds is 4. The van der Waals surface area contributed by atoms with Crippen molar-refractivity contribution >= 4 is 11.9 Å². The Morgan fingerprint density at radius 3 is 2.36 bits per heavy atom. The SMILES string of the molecule is CC(C)COC(=O)C1CCN(C(=O)c2ccc(F)cc2)CC1. The van der Waals surface area contributed by atoms with E-state index in [-0.39, 0.29) is 23.6 Å². The van der Waals surface area contributed by atoms with Gasteiger partial charge in [-0.05, 0) is 43.0 Å². The van der Waals surface area contributed by atoms with Crippen molar-refractivity contribution < 1.29 is 18.7 Å². The second kappa shape index (κ2) is 7.38. The molecule has 0 spiro atoms. The van der Waals surface area contributed by atoms with Gasteiger partial charge < -0.3 is 9.64 Å². The highest BCUT2D eigenvalue weighted by molar-refractivity contribution is 5.94. The molecule has 1 fully saturated rings. The fourth-order valence-electron chi connectivity index (χ4n) is 2.46. The number of hydrogen-bond acceptors (Lipinski definition) is 3. The van der Waals surface area contributed by atoms with Crippen LogP contribution in [0.15, 0.2) is 24.3 Å². The molecule has 22 heavy (non-hydrogen) atoms. The Labute approximate surface area is 130 Å². The van der Waals surface area contributed by atoms with E-state index in [2.05, 4.69) is 0 Å². The van der Waals surface area contributed by atoms with E-state index in [1.54, 1.807) is 4.90 Å².